The average molecular weight is 320 g/mol. The van der Waals surface area contributed by atoms with Gasteiger partial charge >= 0.3 is 0 Å². The molecule has 0 saturated heterocycles. The molecule has 0 radical (unpaired) electrons. The summed E-state index contributed by atoms with van der Waals surface area (Å²) in [6, 6.07) is 6.66. The van der Waals surface area contributed by atoms with E-state index in [-0.39, 0.29) is 6.04 Å². The summed E-state index contributed by atoms with van der Waals surface area (Å²) >= 11 is 7.75. The smallest absolute Gasteiger partial charge is 0.160 e. The van der Waals surface area contributed by atoms with Crippen LogP contribution in [0.25, 0.3) is 11.2 Å². The van der Waals surface area contributed by atoms with E-state index >= 15 is 0 Å². The Bertz CT molecular complexity index is 733. The van der Waals surface area contributed by atoms with Gasteiger partial charge in [0.05, 0.1) is 6.04 Å². The van der Waals surface area contributed by atoms with Crippen LogP contribution in [-0.2, 0) is 6.42 Å². The van der Waals surface area contributed by atoms with Gasteiger partial charge in [0.1, 0.15) is 11.3 Å². The number of hydrogen-bond donors (Lipinski definition) is 0. The molecule has 21 heavy (non-hydrogen) atoms. The van der Waals surface area contributed by atoms with Crippen molar-refractivity contribution in [1.29, 1.82) is 0 Å². The molecule has 0 aromatic carbocycles. The molecule has 3 aromatic heterocycles. The summed E-state index contributed by atoms with van der Waals surface area (Å²) in [7, 11) is 0. The van der Waals surface area contributed by atoms with Gasteiger partial charge in [0.15, 0.2) is 5.65 Å². The van der Waals surface area contributed by atoms with Crippen molar-refractivity contribution >= 4 is 34.1 Å². The van der Waals surface area contributed by atoms with Gasteiger partial charge in [-0.15, -0.1) is 22.9 Å². The first-order valence-corrected chi connectivity index (χ1v) is 8.58. The molecule has 1 atom stereocenters. The monoisotopic (exact) mass is 319 g/mol. The highest BCUT2D eigenvalue weighted by atomic mass is 35.5. The van der Waals surface area contributed by atoms with Crippen LogP contribution < -0.4 is 0 Å². The first-order valence-electron chi connectivity index (χ1n) is 7.17. The zero-order chi connectivity index (χ0) is 14.8. The van der Waals surface area contributed by atoms with Crippen LogP contribution in [0.4, 0.5) is 0 Å². The van der Waals surface area contributed by atoms with E-state index in [1.54, 1.807) is 11.3 Å². The fraction of sp³-hybridized carbons (Fsp3) is 0.375. The minimum absolute atomic E-state index is 0.281. The number of hydrogen-bond acceptors (Lipinski definition) is 3. The molecule has 3 nitrogen and oxygen atoms in total. The number of pyridine rings is 1. The zero-order valence-corrected chi connectivity index (χ0v) is 13.8. The van der Waals surface area contributed by atoms with E-state index < -0.39 is 0 Å². The van der Waals surface area contributed by atoms with Crippen LogP contribution in [0.3, 0.4) is 0 Å². The molecule has 0 aliphatic rings. The van der Waals surface area contributed by atoms with E-state index in [0.29, 0.717) is 5.88 Å². The third-order valence-corrected chi connectivity index (χ3v) is 4.79. The lowest BCUT2D eigenvalue weighted by Crippen LogP contribution is -2.13. The number of aryl methyl sites for hydroxylation is 2. The number of imidazole rings is 1. The summed E-state index contributed by atoms with van der Waals surface area (Å²) in [6.45, 7) is 4.25. The van der Waals surface area contributed by atoms with E-state index in [9.17, 15) is 0 Å². The summed E-state index contributed by atoms with van der Waals surface area (Å²) < 4.78 is 2.27. The highest BCUT2D eigenvalue weighted by molar-refractivity contribution is 7.10. The van der Waals surface area contributed by atoms with Crippen molar-refractivity contribution < 1.29 is 0 Å². The van der Waals surface area contributed by atoms with Gasteiger partial charge in [-0.1, -0.05) is 13.0 Å². The Morgan fingerprint density at radius 3 is 2.95 bits per heavy atom. The molecule has 0 spiro atoms. The normalized spacial score (nSPS) is 12.9. The van der Waals surface area contributed by atoms with Gasteiger partial charge < -0.3 is 4.57 Å². The maximum absolute atomic E-state index is 5.97. The van der Waals surface area contributed by atoms with Crippen molar-refractivity contribution in [1.82, 2.24) is 14.5 Å². The fourth-order valence-electron chi connectivity index (χ4n) is 2.71. The fourth-order valence-corrected chi connectivity index (χ4v) is 3.78. The molecule has 3 rings (SSSR count). The number of aromatic nitrogens is 3. The van der Waals surface area contributed by atoms with Crippen LogP contribution in [0.15, 0.2) is 29.8 Å². The second-order valence-electron chi connectivity index (χ2n) is 5.13. The van der Waals surface area contributed by atoms with E-state index in [1.165, 1.54) is 4.88 Å². The predicted octanol–water partition coefficient (Wildman–Crippen LogP) is 4.58. The van der Waals surface area contributed by atoms with Crippen LogP contribution in [-0.4, -0.2) is 20.4 Å². The summed E-state index contributed by atoms with van der Waals surface area (Å²) in [5, 5.41) is 2.12. The number of nitrogens with zero attached hydrogens (tertiary/aromatic N) is 3. The Hall–Kier alpha value is -1.39. The first-order chi connectivity index (χ1) is 10.2. The quantitative estimate of drug-likeness (QED) is 0.644. The van der Waals surface area contributed by atoms with Crippen molar-refractivity contribution in [2.75, 3.05) is 5.88 Å². The highest BCUT2D eigenvalue weighted by Gasteiger charge is 2.20. The summed E-state index contributed by atoms with van der Waals surface area (Å²) in [4.78, 5) is 10.7. The minimum Gasteiger partial charge on any atom is -0.304 e. The van der Waals surface area contributed by atoms with Crippen LogP contribution >= 0.6 is 22.9 Å². The number of alkyl halides is 1. The number of rotatable bonds is 5. The highest BCUT2D eigenvalue weighted by Crippen LogP contribution is 2.31. The molecule has 0 aliphatic carbocycles. The van der Waals surface area contributed by atoms with Crippen molar-refractivity contribution in [3.8, 4) is 0 Å². The van der Waals surface area contributed by atoms with Gasteiger partial charge in [-0.05, 0) is 36.4 Å². The molecule has 0 N–H and O–H groups in total. The Labute approximate surface area is 133 Å². The third kappa shape index (κ3) is 2.70. The Balaban J connectivity index is 2.20. The molecule has 0 aliphatic heterocycles. The van der Waals surface area contributed by atoms with E-state index in [2.05, 4.69) is 40.1 Å². The van der Waals surface area contributed by atoms with Gasteiger partial charge in [0.25, 0.3) is 0 Å². The third-order valence-electron chi connectivity index (χ3n) is 3.63. The van der Waals surface area contributed by atoms with Crippen LogP contribution in [0, 0.1) is 6.92 Å². The molecule has 0 fully saturated rings. The van der Waals surface area contributed by atoms with Gasteiger partial charge in [-0.2, -0.15) is 0 Å². The van der Waals surface area contributed by atoms with Crippen LogP contribution in [0.2, 0.25) is 0 Å². The number of halogens is 1. The maximum atomic E-state index is 5.97. The van der Waals surface area contributed by atoms with Gasteiger partial charge in [0, 0.05) is 23.4 Å². The Morgan fingerprint density at radius 1 is 1.43 bits per heavy atom. The molecule has 0 bridgehead atoms. The van der Waals surface area contributed by atoms with E-state index in [1.807, 2.05) is 13.1 Å². The van der Waals surface area contributed by atoms with Gasteiger partial charge in [0.2, 0.25) is 0 Å². The molecule has 3 heterocycles. The average Bonchev–Trinajstić information content (AvgIpc) is 3.09. The molecular formula is C16H18ClN3S. The van der Waals surface area contributed by atoms with Crippen LogP contribution in [0.1, 0.15) is 35.7 Å². The number of thiophene rings is 1. The summed E-state index contributed by atoms with van der Waals surface area (Å²) in [6.07, 6.45) is 3.68. The van der Waals surface area contributed by atoms with Crippen molar-refractivity contribution in [3.05, 3.63) is 46.0 Å². The molecule has 3 aromatic rings. The first kappa shape index (κ1) is 14.5. The lowest BCUT2D eigenvalue weighted by molar-refractivity contribution is 0.563. The zero-order valence-electron chi connectivity index (χ0n) is 12.2. The molecule has 1 unspecified atom stereocenters. The Morgan fingerprint density at radius 2 is 2.29 bits per heavy atom. The molecule has 0 amide bonds. The standard InChI is InChI=1S/C16H18ClN3S/c1-3-13(14-5-4-8-21-14)20-15(6-7-17)19-12-9-11(2)10-18-16(12)20/h4-5,8-10,13H,3,6-7H2,1-2H3. The largest absolute Gasteiger partial charge is 0.304 e. The van der Waals surface area contributed by atoms with E-state index in [4.69, 9.17) is 16.6 Å². The molecule has 0 saturated carbocycles. The van der Waals surface area contributed by atoms with Crippen molar-refractivity contribution in [2.45, 2.75) is 32.7 Å². The van der Waals surface area contributed by atoms with Gasteiger partial charge in [-0.3, -0.25) is 0 Å². The van der Waals surface area contributed by atoms with Gasteiger partial charge in [-0.25, -0.2) is 9.97 Å². The second kappa shape index (κ2) is 6.16. The summed E-state index contributed by atoms with van der Waals surface area (Å²) in [5.41, 5.74) is 3.06. The summed E-state index contributed by atoms with van der Waals surface area (Å²) in [5.74, 6) is 1.60. The Kier molecular flexibility index (Phi) is 4.27. The number of fused-ring (bicyclic) bond motifs is 1. The lowest BCUT2D eigenvalue weighted by Gasteiger charge is -2.18. The lowest BCUT2D eigenvalue weighted by atomic mass is 10.1. The van der Waals surface area contributed by atoms with E-state index in [0.717, 1.165) is 35.4 Å². The van der Waals surface area contributed by atoms with Crippen LogP contribution in [0.5, 0.6) is 0 Å². The molecule has 110 valence electrons. The maximum Gasteiger partial charge on any atom is 0.160 e. The molecule has 5 heteroatoms. The molecular weight excluding hydrogens is 302 g/mol. The minimum atomic E-state index is 0.281. The predicted molar refractivity (Wildman–Crippen MR) is 89.4 cm³/mol. The van der Waals surface area contributed by atoms with Crippen molar-refractivity contribution in [2.24, 2.45) is 0 Å². The second-order valence-corrected chi connectivity index (χ2v) is 6.49. The van der Waals surface area contributed by atoms with Crippen molar-refractivity contribution in [3.63, 3.8) is 0 Å². The SMILES string of the molecule is CCC(c1cccs1)n1c(CCCl)nc2cc(C)cnc21. The topological polar surface area (TPSA) is 30.7 Å².